The lowest BCUT2D eigenvalue weighted by Crippen LogP contribution is -2.52. The molecule has 5 nitrogen and oxygen atoms in total. The number of hydrogen-bond donors (Lipinski definition) is 2. The second-order valence-electron chi connectivity index (χ2n) is 7.17. The summed E-state index contributed by atoms with van der Waals surface area (Å²) in [6.45, 7) is 3.60. The second-order valence-corrected chi connectivity index (χ2v) is 7.17. The lowest BCUT2D eigenvalue weighted by Gasteiger charge is -2.25. The topological polar surface area (TPSA) is 75.6 Å². The van der Waals surface area contributed by atoms with Crippen molar-refractivity contribution in [3.63, 3.8) is 0 Å². The van der Waals surface area contributed by atoms with Crippen LogP contribution in [0.2, 0.25) is 0 Å². The fourth-order valence-electron chi connectivity index (χ4n) is 3.54. The molecule has 3 rings (SSSR count). The molecule has 1 atom stereocenters. The molecule has 146 valence electrons. The van der Waals surface area contributed by atoms with Gasteiger partial charge in [-0.2, -0.15) is 0 Å². The maximum Gasteiger partial charge on any atom is 0.408 e. The quantitative estimate of drug-likeness (QED) is 0.682. The molecule has 0 spiro atoms. The van der Waals surface area contributed by atoms with E-state index in [-0.39, 0.29) is 18.9 Å². The average Bonchev–Trinajstić information content (AvgIpc) is 3.00. The number of alkyl carbamates (subject to hydrolysis) is 1. The van der Waals surface area contributed by atoms with Gasteiger partial charge in [0.25, 0.3) is 0 Å². The summed E-state index contributed by atoms with van der Waals surface area (Å²) in [4.78, 5) is 24.0. The van der Waals surface area contributed by atoms with Crippen LogP contribution in [0.15, 0.2) is 60.7 Å². The summed E-state index contributed by atoms with van der Waals surface area (Å²) >= 11 is 0. The minimum absolute atomic E-state index is 0.0609. The molecule has 0 unspecified atom stereocenters. The van der Waals surface area contributed by atoms with Crippen molar-refractivity contribution in [2.75, 3.05) is 6.61 Å². The molecule has 0 bridgehead atoms. The third kappa shape index (κ3) is 3.93. The van der Waals surface area contributed by atoms with Crippen molar-refractivity contribution < 1.29 is 19.4 Å². The summed E-state index contributed by atoms with van der Waals surface area (Å²) in [5.74, 6) is -1.16. The smallest absolute Gasteiger partial charge is 0.408 e. The number of nitrogens with one attached hydrogen (secondary N) is 1. The van der Waals surface area contributed by atoms with E-state index in [9.17, 15) is 14.7 Å². The number of fused-ring (bicyclic) bond motifs is 3. The van der Waals surface area contributed by atoms with Crippen LogP contribution in [0.4, 0.5) is 4.79 Å². The molecule has 0 heterocycles. The van der Waals surface area contributed by atoms with E-state index in [0.717, 1.165) is 28.7 Å². The minimum atomic E-state index is -1.41. The molecule has 0 aromatic heterocycles. The highest BCUT2D eigenvalue weighted by atomic mass is 16.5. The highest BCUT2D eigenvalue weighted by molar-refractivity contribution is 5.84. The van der Waals surface area contributed by atoms with Gasteiger partial charge >= 0.3 is 12.1 Å². The molecule has 1 amide bonds. The first-order valence-electron chi connectivity index (χ1n) is 9.48. The molecule has 2 aromatic rings. The minimum Gasteiger partial charge on any atom is -0.480 e. The normalized spacial score (nSPS) is 14.9. The van der Waals surface area contributed by atoms with Crippen LogP contribution in [0.1, 0.15) is 43.7 Å². The van der Waals surface area contributed by atoms with Crippen molar-refractivity contribution in [3.8, 4) is 11.1 Å². The first kappa shape index (κ1) is 19.7. The van der Waals surface area contributed by atoms with E-state index >= 15 is 0 Å². The maximum absolute atomic E-state index is 12.4. The SMILES string of the molecule is CCC=CC[C@](C)(NC(=O)OCC1c2ccccc2-c2ccccc21)C(=O)O. The zero-order valence-electron chi connectivity index (χ0n) is 16.1. The number of hydrogen-bond acceptors (Lipinski definition) is 3. The molecule has 0 saturated heterocycles. The first-order valence-corrected chi connectivity index (χ1v) is 9.48. The Labute approximate surface area is 165 Å². The summed E-state index contributed by atoms with van der Waals surface area (Å²) in [6.07, 6.45) is 3.91. The van der Waals surface area contributed by atoms with Gasteiger partial charge in [0.1, 0.15) is 12.1 Å². The van der Waals surface area contributed by atoms with Crippen LogP contribution in [-0.4, -0.2) is 29.3 Å². The van der Waals surface area contributed by atoms with E-state index < -0.39 is 17.6 Å². The number of allylic oxidation sites excluding steroid dienone is 1. The molecule has 0 radical (unpaired) electrons. The van der Waals surface area contributed by atoms with Gasteiger partial charge in [0.15, 0.2) is 0 Å². The number of rotatable bonds is 7. The van der Waals surface area contributed by atoms with Crippen LogP contribution in [0.25, 0.3) is 11.1 Å². The van der Waals surface area contributed by atoms with Crippen molar-refractivity contribution in [2.24, 2.45) is 0 Å². The van der Waals surface area contributed by atoms with Crippen molar-refractivity contribution >= 4 is 12.1 Å². The number of amides is 1. The highest BCUT2D eigenvalue weighted by Crippen LogP contribution is 2.44. The van der Waals surface area contributed by atoms with Gasteiger partial charge in [-0.3, -0.25) is 0 Å². The molecule has 2 aromatic carbocycles. The van der Waals surface area contributed by atoms with E-state index in [1.807, 2.05) is 49.4 Å². The van der Waals surface area contributed by atoms with E-state index in [0.29, 0.717) is 0 Å². The molecule has 1 aliphatic rings. The van der Waals surface area contributed by atoms with Gasteiger partial charge in [0, 0.05) is 5.92 Å². The van der Waals surface area contributed by atoms with Crippen molar-refractivity contribution in [1.29, 1.82) is 0 Å². The van der Waals surface area contributed by atoms with Gasteiger partial charge in [0.2, 0.25) is 0 Å². The summed E-state index contributed by atoms with van der Waals surface area (Å²) in [7, 11) is 0. The van der Waals surface area contributed by atoms with Crippen LogP contribution in [-0.2, 0) is 9.53 Å². The summed E-state index contributed by atoms with van der Waals surface area (Å²) in [5.41, 5.74) is 3.11. The van der Waals surface area contributed by atoms with E-state index in [1.54, 1.807) is 6.08 Å². The van der Waals surface area contributed by atoms with Crippen LogP contribution < -0.4 is 5.32 Å². The Kier molecular flexibility index (Phi) is 5.83. The largest absolute Gasteiger partial charge is 0.480 e. The molecule has 0 aliphatic heterocycles. The Morgan fingerprint density at radius 2 is 1.64 bits per heavy atom. The monoisotopic (exact) mass is 379 g/mol. The van der Waals surface area contributed by atoms with Gasteiger partial charge in [0.05, 0.1) is 0 Å². The summed E-state index contributed by atoms with van der Waals surface area (Å²) < 4.78 is 5.45. The predicted molar refractivity (Wildman–Crippen MR) is 108 cm³/mol. The third-order valence-electron chi connectivity index (χ3n) is 5.12. The summed E-state index contributed by atoms with van der Waals surface area (Å²) in [5, 5.41) is 12.0. The molecule has 1 aliphatic carbocycles. The van der Waals surface area contributed by atoms with E-state index in [1.165, 1.54) is 6.92 Å². The number of aliphatic carboxylic acids is 1. The molecule has 0 fully saturated rings. The highest BCUT2D eigenvalue weighted by Gasteiger charge is 2.35. The van der Waals surface area contributed by atoms with Crippen LogP contribution in [0, 0.1) is 0 Å². The first-order chi connectivity index (χ1) is 13.5. The number of carboxylic acid groups (broad SMARTS) is 1. The zero-order valence-corrected chi connectivity index (χ0v) is 16.1. The zero-order chi connectivity index (χ0) is 20.1. The Morgan fingerprint density at radius 1 is 1.07 bits per heavy atom. The van der Waals surface area contributed by atoms with Gasteiger partial charge in [-0.15, -0.1) is 0 Å². The Bertz CT molecular complexity index is 859. The molecular weight excluding hydrogens is 354 g/mol. The average molecular weight is 379 g/mol. The maximum atomic E-state index is 12.4. The second kappa shape index (κ2) is 8.30. The van der Waals surface area contributed by atoms with Gasteiger partial charge in [-0.25, -0.2) is 9.59 Å². The van der Waals surface area contributed by atoms with E-state index in [4.69, 9.17) is 4.74 Å². The third-order valence-corrected chi connectivity index (χ3v) is 5.12. The molecule has 2 N–H and O–H groups in total. The molecule has 28 heavy (non-hydrogen) atoms. The predicted octanol–water partition coefficient (Wildman–Crippen LogP) is 4.72. The molecule has 0 saturated carbocycles. The Hall–Kier alpha value is -3.08. The number of ether oxygens (including phenoxy) is 1. The van der Waals surface area contributed by atoms with Crippen LogP contribution >= 0.6 is 0 Å². The fourth-order valence-corrected chi connectivity index (χ4v) is 3.54. The van der Waals surface area contributed by atoms with Crippen molar-refractivity contribution in [3.05, 3.63) is 71.8 Å². The van der Waals surface area contributed by atoms with Crippen LogP contribution in [0.5, 0.6) is 0 Å². The van der Waals surface area contributed by atoms with Gasteiger partial charge in [-0.1, -0.05) is 67.6 Å². The molecular formula is C23H25NO4. The van der Waals surface area contributed by atoms with E-state index in [2.05, 4.69) is 17.4 Å². The number of carbonyl (C=O) groups excluding carboxylic acids is 1. The number of benzene rings is 2. The lowest BCUT2D eigenvalue weighted by molar-refractivity contribution is -0.143. The number of carboxylic acids is 1. The number of carbonyl (C=O) groups is 2. The van der Waals surface area contributed by atoms with Gasteiger partial charge < -0.3 is 15.2 Å². The molecule has 5 heteroatoms. The van der Waals surface area contributed by atoms with Crippen molar-refractivity contribution in [2.45, 2.75) is 38.1 Å². The van der Waals surface area contributed by atoms with Crippen molar-refractivity contribution in [1.82, 2.24) is 5.32 Å². The summed E-state index contributed by atoms with van der Waals surface area (Å²) in [6, 6.07) is 16.1. The Morgan fingerprint density at radius 3 is 2.18 bits per heavy atom. The fraction of sp³-hybridized carbons (Fsp3) is 0.304. The standard InChI is InChI=1S/C23H25NO4/c1-3-4-9-14-23(2,21(25)26)24-22(27)28-15-20-18-12-7-5-10-16(18)17-11-6-8-13-19(17)20/h4-13,20H,3,14-15H2,1-2H3,(H,24,27)(H,25,26)/t23-/m0/s1. The lowest BCUT2D eigenvalue weighted by atomic mass is 9.97. The van der Waals surface area contributed by atoms with Gasteiger partial charge in [-0.05, 0) is 42.0 Å². The van der Waals surface area contributed by atoms with Crippen LogP contribution in [0.3, 0.4) is 0 Å². The Balaban J connectivity index is 1.71.